The Morgan fingerprint density at radius 1 is 0.618 bits per heavy atom. The summed E-state index contributed by atoms with van der Waals surface area (Å²) in [4.78, 5) is 0. The van der Waals surface area contributed by atoms with Crippen molar-refractivity contribution in [3.05, 3.63) is 29.8 Å². The van der Waals surface area contributed by atoms with Crippen LogP contribution in [0.3, 0.4) is 0 Å². The summed E-state index contributed by atoms with van der Waals surface area (Å²) in [6.07, 6.45) is 6.42. The predicted molar refractivity (Wildman–Crippen MR) is 135 cm³/mol. The largest absolute Gasteiger partial charge is 0.491 e. The van der Waals surface area contributed by atoms with Crippen molar-refractivity contribution in [3.8, 4) is 5.75 Å². The van der Waals surface area contributed by atoms with Crippen LogP contribution in [0.25, 0.3) is 0 Å². The molecule has 34 heavy (non-hydrogen) atoms. The summed E-state index contributed by atoms with van der Waals surface area (Å²) in [5, 5.41) is 8.57. The van der Waals surface area contributed by atoms with Gasteiger partial charge in [-0.25, -0.2) is 0 Å². The standard InChI is InChI=1S/C27H48O7/c1-4-5-6-7-12-27(2,3)25-8-10-26(11-9-25)34-24-23-33-22-21-32-20-19-31-18-17-30-16-15-29-14-13-28/h8-11,28H,4-7,12-24H2,1-3H3. The van der Waals surface area contributed by atoms with E-state index in [1.54, 1.807) is 0 Å². The zero-order valence-corrected chi connectivity index (χ0v) is 21.7. The van der Waals surface area contributed by atoms with Crippen molar-refractivity contribution in [2.45, 2.75) is 58.3 Å². The third-order valence-corrected chi connectivity index (χ3v) is 5.51. The molecule has 0 spiro atoms. The number of aliphatic hydroxyl groups excluding tert-OH is 1. The lowest BCUT2D eigenvalue weighted by Crippen LogP contribution is -2.17. The summed E-state index contributed by atoms with van der Waals surface area (Å²) in [7, 11) is 0. The number of aliphatic hydroxyl groups is 1. The molecule has 0 aliphatic rings. The number of hydrogen-bond donors (Lipinski definition) is 1. The van der Waals surface area contributed by atoms with Crippen LogP contribution >= 0.6 is 0 Å². The zero-order chi connectivity index (χ0) is 24.7. The molecule has 0 radical (unpaired) electrons. The topological polar surface area (TPSA) is 75.6 Å². The summed E-state index contributed by atoms with van der Waals surface area (Å²) < 4.78 is 32.7. The van der Waals surface area contributed by atoms with E-state index in [2.05, 4.69) is 45.0 Å². The first-order chi connectivity index (χ1) is 16.6. The van der Waals surface area contributed by atoms with Crippen molar-refractivity contribution in [1.29, 1.82) is 0 Å². The van der Waals surface area contributed by atoms with Crippen LogP contribution < -0.4 is 4.74 Å². The molecule has 0 aromatic heterocycles. The van der Waals surface area contributed by atoms with Gasteiger partial charge in [0, 0.05) is 0 Å². The van der Waals surface area contributed by atoms with Gasteiger partial charge in [0.2, 0.25) is 0 Å². The van der Waals surface area contributed by atoms with Crippen molar-refractivity contribution in [2.24, 2.45) is 0 Å². The number of unbranched alkanes of at least 4 members (excludes halogenated alkanes) is 3. The normalized spacial score (nSPS) is 11.8. The molecule has 0 heterocycles. The molecule has 0 saturated heterocycles. The highest BCUT2D eigenvalue weighted by atomic mass is 16.6. The molecule has 0 atom stereocenters. The summed E-state index contributed by atoms with van der Waals surface area (Å²) in [5.74, 6) is 0.879. The van der Waals surface area contributed by atoms with Gasteiger partial charge >= 0.3 is 0 Å². The van der Waals surface area contributed by atoms with Crippen LogP contribution in [0.5, 0.6) is 5.75 Å². The van der Waals surface area contributed by atoms with E-state index in [0.717, 1.165) is 5.75 Å². The summed E-state index contributed by atoms with van der Waals surface area (Å²) in [6, 6.07) is 8.49. The molecule has 0 aliphatic carbocycles. The van der Waals surface area contributed by atoms with E-state index >= 15 is 0 Å². The van der Waals surface area contributed by atoms with Gasteiger partial charge in [0.1, 0.15) is 12.4 Å². The van der Waals surface area contributed by atoms with Crippen LogP contribution in [0.4, 0.5) is 0 Å². The Balaban J connectivity index is 1.94. The maximum Gasteiger partial charge on any atom is 0.119 e. The Bertz CT molecular complexity index is 563. The van der Waals surface area contributed by atoms with Crippen molar-refractivity contribution in [3.63, 3.8) is 0 Å². The highest BCUT2D eigenvalue weighted by Crippen LogP contribution is 2.30. The van der Waals surface area contributed by atoms with Gasteiger partial charge in [0.25, 0.3) is 0 Å². The molecule has 1 N–H and O–H groups in total. The lowest BCUT2D eigenvalue weighted by atomic mass is 9.80. The van der Waals surface area contributed by atoms with Crippen LogP contribution in [0.1, 0.15) is 58.4 Å². The van der Waals surface area contributed by atoms with Crippen LogP contribution in [0.15, 0.2) is 24.3 Å². The first-order valence-electron chi connectivity index (χ1n) is 12.8. The highest BCUT2D eigenvalue weighted by Gasteiger charge is 2.19. The predicted octanol–water partition coefficient (Wildman–Crippen LogP) is 4.39. The van der Waals surface area contributed by atoms with Crippen molar-refractivity contribution in [2.75, 3.05) is 79.3 Å². The molecule has 0 amide bonds. The van der Waals surface area contributed by atoms with E-state index in [4.69, 9.17) is 33.5 Å². The number of hydrogen-bond acceptors (Lipinski definition) is 7. The minimum atomic E-state index is 0.0361. The van der Waals surface area contributed by atoms with Crippen LogP contribution in [-0.2, 0) is 29.1 Å². The Kier molecular flexibility index (Phi) is 19.1. The average molecular weight is 485 g/mol. The molecule has 198 valence electrons. The number of benzene rings is 1. The molecular weight excluding hydrogens is 436 g/mol. The Morgan fingerprint density at radius 2 is 1.09 bits per heavy atom. The third kappa shape index (κ3) is 16.4. The lowest BCUT2D eigenvalue weighted by Gasteiger charge is -2.25. The van der Waals surface area contributed by atoms with Gasteiger partial charge in [-0.15, -0.1) is 0 Å². The highest BCUT2D eigenvalue weighted by molar-refractivity contribution is 5.31. The maximum absolute atomic E-state index is 8.57. The Labute approximate surface area is 207 Å². The Morgan fingerprint density at radius 3 is 1.56 bits per heavy atom. The van der Waals surface area contributed by atoms with Gasteiger partial charge in [-0.05, 0) is 29.5 Å². The van der Waals surface area contributed by atoms with Gasteiger partial charge in [-0.2, -0.15) is 0 Å². The van der Waals surface area contributed by atoms with E-state index in [-0.39, 0.29) is 12.0 Å². The smallest absolute Gasteiger partial charge is 0.119 e. The fraction of sp³-hybridized carbons (Fsp3) is 0.778. The number of rotatable bonds is 24. The average Bonchev–Trinajstić information content (AvgIpc) is 2.84. The molecular formula is C27H48O7. The van der Waals surface area contributed by atoms with Gasteiger partial charge in [-0.3, -0.25) is 0 Å². The second-order valence-corrected chi connectivity index (χ2v) is 8.85. The Hall–Kier alpha value is -1.22. The van der Waals surface area contributed by atoms with E-state index in [1.807, 2.05) is 0 Å². The molecule has 1 rings (SSSR count). The second kappa shape index (κ2) is 21.1. The molecule has 1 aromatic rings. The van der Waals surface area contributed by atoms with Crippen molar-refractivity contribution >= 4 is 0 Å². The molecule has 0 saturated carbocycles. The van der Waals surface area contributed by atoms with E-state index < -0.39 is 0 Å². The first-order valence-corrected chi connectivity index (χ1v) is 12.8. The lowest BCUT2D eigenvalue weighted by molar-refractivity contribution is -0.0146. The van der Waals surface area contributed by atoms with Gasteiger partial charge in [-0.1, -0.05) is 58.6 Å². The minimum absolute atomic E-state index is 0.0361. The maximum atomic E-state index is 8.57. The fourth-order valence-electron chi connectivity index (χ4n) is 3.41. The summed E-state index contributed by atoms with van der Waals surface area (Å²) >= 11 is 0. The van der Waals surface area contributed by atoms with Gasteiger partial charge in [0.15, 0.2) is 0 Å². The van der Waals surface area contributed by atoms with E-state index in [0.29, 0.717) is 72.7 Å². The molecule has 0 unspecified atom stereocenters. The van der Waals surface area contributed by atoms with Crippen molar-refractivity contribution in [1.82, 2.24) is 0 Å². The quantitative estimate of drug-likeness (QED) is 0.218. The SMILES string of the molecule is CCCCCCC(C)(C)c1ccc(OCCOCCOCCOCCOCCOCCO)cc1. The molecule has 0 fully saturated rings. The molecule has 0 aliphatic heterocycles. The second-order valence-electron chi connectivity index (χ2n) is 8.85. The summed E-state index contributed by atoms with van der Waals surface area (Å²) in [6.45, 7) is 12.5. The first kappa shape index (κ1) is 30.8. The molecule has 7 nitrogen and oxygen atoms in total. The number of ether oxygens (including phenoxy) is 6. The van der Waals surface area contributed by atoms with E-state index in [1.165, 1.54) is 37.7 Å². The van der Waals surface area contributed by atoms with Gasteiger partial charge in [0.05, 0.1) is 72.7 Å². The van der Waals surface area contributed by atoms with Crippen LogP contribution in [-0.4, -0.2) is 84.4 Å². The van der Waals surface area contributed by atoms with Crippen molar-refractivity contribution < 1.29 is 33.5 Å². The molecule has 0 bridgehead atoms. The fourth-order valence-corrected chi connectivity index (χ4v) is 3.41. The van der Waals surface area contributed by atoms with E-state index in [9.17, 15) is 0 Å². The van der Waals surface area contributed by atoms with Crippen LogP contribution in [0, 0.1) is 0 Å². The summed E-state index contributed by atoms with van der Waals surface area (Å²) in [5.41, 5.74) is 1.56. The monoisotopic (exact) mass is 484 g/mol. The zero-order valence-electron chi connectivity index (χ0n) is 21.7. The minimum Gasteiger partial charge on any atom is -0.491 e. The van der Waals surface area contributed by atoms with Gasteiger partial charge < -0.3 is 33.5 Å². The third-order valence-electron chi connectivity index (χ3n) is 5.51. The van der Waals surface area contributed by atoms with Crippen LogP contribution in [0.2, 0.25) is 0 Å². The molecule has 7 heteroatoms. The molecule has 1 aromatic carbocycles.